The molecule has 0 saturated carbocycles. The van der Waals surface area contributed by atoms with Crippen LogP contribution in [0.2, 0.25) is 0 Å². The molecule has 0 amide bonds. The van der Waals surface area contributed by atoms with Crippen molar-refractivity contribution in [2.75, 3.05) is 0 Å². The van der Waals surface area contributed by atoms with Crippen LogP contribution in [0.3, 0.4) is 0 Å². The number of aryl methyl sites for hydroxylation is 1. The summed E-state index contributed by atoms with van der Waals surface area (Å²) >= 11 is 0.170. The summed E-state index contributed by atoms with van der Waals surface area (Å²) in [6, 6.07) is 13.4. The first kappa shape index (κ1) is 10.2. The average molecular weight is 219 g/mol. The van der Waals surface area contributed by atoms with E-state index in [1.54, 1.807) is 6.07 Å². The zero-order valence-electron chi connectivity index (χ0n) is 8.27. The number of halogens is 1. The van der Waals surface area contributed by atoms with E-state index in [9.17, 15) is 3.89 Å². The Balaban J connectivity index is 2.40. The largest absolute Gasteiger partial charge is 0.239 e. The van der Waals surface area contributed by atoms with E-state index in [-0.39, 0.29) is 12.1 Å². The Morgan fingerprint density at radius 3 is 2.47 bits per heavy atom. The van der Waals surface area contributed by atoms with E-state index in [0.717, 1.165) is 11.3 Å². The molecule has 1 nitrogen and oxygen atoms in total. The van der Waals surface area contributed by atoms with Crippen molar-refractivity contribution in [1.82, 2.24) is 4.98 Å². The molecule has 0 aliphatic heterocycles. The van der Waals surface area contributed by atoms with Crippen LogP contribution in [0, 0.1) is 6.92 Å². The number of hydrogen-bond acceptors (Lipinski definition) is 2. The highest BCUT2D eigenvalue weighted by atomic mass is 32.2. The molecule has 1 aromatic heterocycles. The Hall–Kier alpha value is -1.35. The molecule has 0 N–H and O–H groups in total. The second kappa shape index (κ2) is 4.45. The molecule has 1 heterocycles. The molecule has 76 valence electrons. The molecule has 0 fully saturated rings. The third-order valence-electron chi connectivity index (χ3n) is 2.15. The van der Waals surface area contributed by atoms with Crippen molar-refractivity contribution in [1.29, 1.82) is 0 Å². The number of hydrogen-bond donors (Lipinski definition) is 0. The van der Waals surface area contributed by atoms with Crippen LogP contribution >= 0.6 is 12.1 Å². The third kappa shape index (κ3) is 2.36. The molecule has 0 bridgehead atoms. The Morgan fingerprint density at radius 1 is 1.07 bits per heavy atom. The van der Waals surface area contributed by atoms with Crippen LogP contribution in [0.4, 0.5) is 3.89 Å². The van der Waals surface area contributed by atoms with Gasteiger partial charge in [-0.25, -0.2) is 4.98 Å². The van der Waals surface area contributed by atoms with Gasteiger partial charge in [-0.1, -0.05) is 35.9 Å². The molecule has 0 saturated heterocycles. The minimum absolute atomic E-state index is 0.170. The van der Waals surface area contributed by atoms with Gasteiger partial charge >= 0.3 is 0 Å². The minimum atomic E-state index is 0.170. The molecular formula is C12H10FNS. The summed E-state index contributed by atoms with van der Waals surface area (Å²) in [5, 5.41) is 0.396. The van der Waals surface area contributed by atoms with Gasteiger partial charge in [-0.15, -0.1) is 0 Å². The highest BCUT2D eigenvalue weighted by Gasteiger charge is 2.00. The fourth-order valence-corrected chi connectivity index (χ4v) is 1.61. The molecule has 0 spiro atoms. The SMILES string of the molecule is Cc1ccc(-c2cccc(SF)n2)cc1. The normalized spacial score (nSPS) is 10.3. The number of aromatic nitrogens is 1. The van der Waals surface area contributed by atoms with Crippen molar-refractivity contribution in [3.8, 4) is 11.3 Å². The highest BCUT2D eigenvalue weighted by Crippen LogP contribution is 2.22. The van der Waals surface area contributed by atoms with Gasteiger partial charge in [-0.3, -0.25) is 0 Å². The molecule has 0 unspecified atom stereocenters. The van der Waals surface area contributed by atoms with Gasteiger partial charge in [0.1, 0.15) is 17.2 Å². The fraction of sp³-hybridized carbons (Fsp3) is 0.0833. The number of pyridine rings is 1. The maximum Gasteiger partial charge on any atom is 0.129 e. The molecule has 2 rings (SSSR count). The Bertz CT molecular complexity index is 453. The maximum absolute atomic E-state index is 12.3. The number of nitrogens with zero attached hydrogens (tertiary/aromatic N) is 1. The lowest BCUT2D eigenvalue weighted by molar-refractivity contribution is 0.920. The Labute approximate surface area is 92.7 Å². The summed E-state index contributed by atoms with van der Waals surface area (Å²) in [7, 11) is 0. The van der Waals surface area contributed by atoms with Crippen LogP contribution in [0.25, 0.3) is 11.3 Å². The molecule has 0 atom stereocenters. The second-order valence-electron chi connectivity index (χ2n) is 3.30. The van der Waals surface area contributed by atoms with Gasteiger partial charge in [0.25, 0.3) is 0 Å². The third-order valence-corrected chi connectivity index (χ3v) is 2.54. The summed E-state index contributed by atoms with van der Waals surface area (Å²) in [6.45, 7) is 2.03. The Morgan fingerprint density at radius 2 is 1.80 bits per heavy atom. The molecule has 0 aliphatic rings. The molecule has 3 heteroatoms. The lowest BCUT2D eigenvalue weighted by Gasteiger charge is -2.02. The molecular weight excluding hydrogens is 209 g/mol. The maximum atomic E-state index is 12.3. The first-order chi connectivity index (χ1) is 7.29. The van der Waals surface area contributed by atoms with Gasteiger partial charge in [0.05, 0.1) is 5.69 Å². The van der Waals surface area contributed by atoms with Gasteiger partial charge in [0, 0.05) is 5.56 Å². The van der Waals surface area contributed by atoms with E-state index >= 15 is 0 Å². The van der Waals surface area contributed by atoms with E-state index in [1.807, 2.05) is 43.3 Å². The first-order valence-electron chi connectivity index (χ1n) is 4.62. The topological polar surface area (TPSA) is 12.9 Å². The van der Waals surface area contributed by atoms with E-state index in [1.165, 1.54) is 5.56 Å². The molecule has 2 aromatic rings. The van der Waals surface area contributed by atoms with Gasteiger partial charge < -0.3 is 0 Å². The number of benzene rings is 1. The van der Waals surface area contributed by atoms with Crippen LogP contribution in [0.1, 0.15) is 5.56 Å². The minimum Gasteiger partial charge on any atom is -0.239 e. The average Bonchev–Trinajstić information content (AvgIpc) is 2.30. The zero-order chi connectivity index (χ0) is 10.7. The van der Waals surface area contributed by atoms with E-state index in [0.29, 0.717) is 5.03 Å². The summed E-state index contributed by atoms with van der Waals surface area (Å²) in [6.07, 6.45) is 0. The lowest BCUT2D eigenvalue weighted by Crippen LogP contribution is -1.84. The van der Waals surface area contributed by atoms with Crippen molar-refractivity contribution in [2.24, 2.45) is 0 Å². The molecule has 0 radical (unpaired) electrons. The van der Waals surface area contributed by atoms with Crippen LogP contribution in [-0.4, -0.2) is 4.98 Å². The number of rotatable bonds is 2. The second-order valence-corrected chi connectivity index (χ2v) is 3.88. The summed E-state index contributed by atoms with van der Waals surface area (Å²) in [4.78, 5) is 4.18. The van der Waals surface area contributed by atoms with E-state index < -0.39 is 0 Å². The van der Waals surface area contributed by atoms with Crippen LogP contribution in [-0.2, 0) is 0 Å². The monoisotopic (exact) mass is 219 g/mol. The molecule has 0 aliphatic carbocycles. The highest BCUT2D eigenvalue weighted by molar-refractivity contribution is 7.94. The van der Waals surface area contributed by atoms with Gasteiger partial charge in [0.2, 0.25) is 0 Å². The van der Waals surface area contributed by atoms with Crippen molar-refractivity contribution >= 4 is 12.1 Å². The summed E-state index contributed by atoms with van der Waals surface area (Å²) in [5.41, 5.74) is 3.02. The smallest absolute Gasteiger partial charge is 0.129 e. The van der Waals surface area contributed by atoms with E-state index in [2.05, 4.69) is 4.98 Å². The molecule has 1 aromatic carbocycles. The van der Waals surface area contributed by atoms with Crippen molar-refractivity contribution < 1.29 is 3.89 Å². The zero-order valence-corrected chi connectivity index (χ0v) is 9.09. The standard InChI is InChI=1S/C12H10FNS/c1-9-5-7-10(8-6-9)11-3-2-4-12(14-11)15-13/h2-8H,1H3. The van der Waals surface area contributed by atoms with Gasteiger partial charge in [-0.05, 0) is 19.1 Å². The fourth-order valence-electron chi connectivity index (χ4n) is 1.34. The quantitative estimate of drug-likeness (QED) is 0.756. The summed E-state index contributed by atoms with van der Waals surface area (Å²) in [5.74, 6) is 0. The predicted octanol–water partition coefficient (Wildman–Crippen LogP) is 4.03. The van der Waals surface area contributed by atoms with Crippen LogP contribution in [0.15, 0.2) is 47.5 Å². The lowest BCUT2D eigenvalue weighted by atomic mass is 10.1. The van der Waals surface area contributed by atoms with E-state index in [4.69, 9.17) is 0 Å². The van der Waals surface area contributed by atoms with Crippen molar-refractivity contribution in [3.63, 3.8) is 0 Å². The van der Waals surface area contributed by atoms with Crippen molar-refractivity contribution in [3.05, 3.63) is 48.0 Å². The van der Waals surface area contributed by atoms with Crippen molar-refractivity contribution in [2.45, 2.75) is 11.9 Å². The van der Waals surface area contributed by atoms with Gasteiger partial charge in [0.15, 0.2) is 0 Å². The predicted molar refractivity (Wildman–Crippen MR) is 61.4 cm³/mol. The van der Waals surface area contributed by atoms with Crippen LogP contribution < -0.4 is 0 Å². The van der Waals surface area contributed by atoms with Crippen LogP contribution in [0.5, 0.6) is 0 Å². The Kier molecular flexibility index (Phi) is 3.02. The summed E-state index contributed by atoms with van der Waals surface area (Å²) < 4.78 is 12.3. The first-order valence-corrected chi connectivity index (χ1v) is 5.34. The molecule has 15 heavy (non-hydrogen) atoms. The van der Waals surface area contributed by atoms with Gasteiger partial charge in [-0.2, -0.15) is 3.89 Å².